The molecule has 0 aromatic heterocycles. The van der Waals surface area contributed by atoms with E-state index < -0.39 is 0 Å². The smallest absolute Gasteiger partial charge is 0.0314 e. The summed E-state index contributed by atoms with van der Waals surface area (Å²) in [6.45, 7) is 8.13. The Morgan fingerprint density at radius 1 is 1.18 bits per heavy atom. The fourth-order valence-corrected chi connectivity index (χ4v) is 0.753. The average Bonchev–Trinajstić information content (AvgIpc) is 2.10. The zero-order valence-corrected chi connectivity index (χ0v) is 7.01. The number of nitrogen functional groups attached to an aromatic ring is 1. The number of rotatable bonds is 1. The first-order chi connectivity index (χ1) is 5.33. The normalized spacial score (nSPS) is 8.09. The summed E-state index contributed by atoms with van der Waals surface area (Å²) in [5.41, 5.74) is 7.66. The third-order valence-corrected chi connectivity index (χ3v) is 1.39. The van der Waals surface area contributed by atoms with Gasteiger partial charge in [-0.1, -0.05) is 19.1 Å². The van der Waals surface area contributed by atoms with Crippen molar-refractivity contribution in [3.8, 4) is 0 Å². The van der Waals surface area contributed by atoms with E-state index in [9.17, 15) is 0 Å². The summed E-state index contributed by atoms with van der Waals surface area (Å²) in [7, 11) is 0. The SMILES string of the molecule is C=C.CCc1ccc(N)cc1. The molecule has 11 heavy (non-hydrogen) atoms. The Morgan fingerprint density at radius 3 is 2.00 bits per heavy atom. The van der Waals surface area contributed by atoms with Crippen molar-refractivity contribution in [3.63, 3.8) is 0 Å². The Kier molecular flexibility index (Phi) is 4.91. The standard InChI is InChI=1S/C8H11N.C2H4/c1-2-7-3-5-8(9)6-4-7;1-2/h3-6H,2,9H2,1H3;1-2H2. The lowest BCUT2D eigenvalue weighted by atomic mass is 10.2. The number of nitrogens with two attached hydrogens (primary N) is 1. The highest BCUT2D eigenvalue weighted by Gasteiger charge is 1.85. The lowest BCUT2D eigenvalue weighted by Gasteiger charge is -1.94. The summed E-state index contributed by atoms with van der Waals surface area (Å²) in [5.74, 6) is 0. The lowest BCUT2D eigenvalue weighted by Crippen LogP contribution is -1.84. The van der Waals surface area contributed by atoms with Crippen LogP contribution in [0.4, 0.5) is 5.69 Å². The van der Waals surface area contributed by atoms with Crippen LogP contribution in [0.25, 0.3) is 0 Å². The molecule has 0 saturated carbocycles. The van der Waals surface area contributed by atoms with Crippen LogP contribution in [-0.2, 0) is 6.42 Å². The van der Waals surface area contributed by atoms with Crippen LogP contribution in [0, 0.1) is 0 Å². The molecule has 0 fully saturated rings. The molecule has 0 spiro atoms. The molecule has 0 unspecified atom stereocenters. The van der Waals surface area contributed by atoms with Crippen molar-refractivity contribution >= 4 is 5.69 Å². The highest BCUT2D eigenvalue weighted by Crippen LogP contribution is 2.04. The van der Waals surface area contributed by atoms with Gasteiger partial charge in [0.1, 0.15) is 0 Å². The molecule has 1 rings (SSSR count). The van der Waals surface area contributed by atoms with Gasteiger partial charge in [0.15, 0.2) is 0 Å². The van der Waals surface area contributed by atoms with Crippen LogP contribution in [0.5, 0.6) is 0 Å². The molecule has 0 saturated heterocycles. The predicted octanol–water partition coefficient (Wildman–Crippen LogP) is 2.63. The van der Waals surface area contributed by atoms with E-state index in [-0.39, 0.29) is 0 Å². The van der Waals surface area contributed by atoms with Crippen LogP contribution < -0.4 is 5.73 Å². The van der Waals surface area contributed by atoms with Gasteiger partial charge in [-0.25, -0.2) is 0 Å². The molecule has 60 valence electrons. The molecule has 0 heterocycles. The molecule has 0 aliphatic heterocycles. The number of aryl methyl sites for hydroxylation is 1. The third-order valence-electron chi connectivity index (χ3n) is 1.39. The van der Waals surface area contributed by atoms with Crippen molar-refractivity contribution < 1.29 is 0 Å². The first kappa shape index (κ1) is 9.76. The minimum absolute atomic E-state index is 0.840. The van der Waals surface area contributed by atoms with E-state index in [4.69, 9.17) is 5.73 Å². The van der Waals surface area contributed by atoms with Gasteiger partial charge in [0, 0.05) is 5.69 Å². The van der Waals surface area contributed by atoms with Gasteiger partial charge in [0.05, 0.1) is 0 Å². The summed E-state index contributed by atoms with van der Waals surface area (Å²) in [6.07, 6.45) is 1.08. The van der Waals surface area contributed by atoms with E-state index in [0.29, 0.717) is 0 Å². The van der Waals surface area contributed by atoms with Crippen molar-refractivity contribution in [2.75, 3.05) is 5.73 Å². The van der Waals surface area contributed by atoms with Gasteiger partial charge >= 0.3 is 0 Å². The molecule has 0 atom stereocenters. The third kappa shape index (κ3) is 3.46. The van der Waals surface area contributed by atoms with Crippen LogP contribution in [-0.4, -0.2) is 0 Å². The zero-order chi connectivity index (χ0) is 8.69. The van der Waals surface area contributed by atoms with Gasteiger partial charge < -0.3 is 5.73 Å². The van der Waals surface area contributed by atoms with E-state index in [1.54, 1.807) is 0 Å². The Balaban J connectivity index is 0.000000461. The van der Waals surface area contributed by atoms with Crippen molar-refractivity contribution in [1.29, 1.82) is 0 Å². The summed E-state index contributed by atoms with van der Waals surface area (Å²) >= 11 is 0. The Morgan fingerprint density at radius 2 is 1.64 bits per heavy atom. The average molecular weight is 149 g/mol. The molecule has 1 heteroatoms. The largest absolute Gasteiger partial charge is 0.399 e. The van der Waals surface area contributed by atoms with Gasteiger partial charge in [-0.15, -0.1) is 13.2 Å². The molecule has 0 radical (unpaired) electrons. The summed E-state index contributed by atoms with van der Waals surface area (Å²) in [6, 6.07) is 7.96. The number of anilines is 1. The lowest BCUT2D eigenvalue weighted by molar-refractivity contribution is 1.14. The zero-order valence-electron chi connectivity index (χ0n) is 7.01. The topological polar surface area (TPSA) is 26.0 Å². The van der Waals surface area contributed by atoms with E-state index >= 15 is 0 Å². The first-order valence-electron chi connectivity index (χ1n) is 3.67. The van der Waals surface area contributed by atoms with Crippen LogP contribution >= 0.6 is 0 Å². The molecular formula is C10H15N. The number of hydrogen-bond acceptors (Lipinski definition) is 1. The van der Waals surface area contributed by atoms with Gasteiger partial charge in [-0.05, 0) is 24.1 Å². The van der Waals surface area contributed by atoms with E-state index in [1.165, 1.54) is 5.56 Å². The monoisotopic (exact) mass is 149 g/mol. The van der Waals surface area contributed by atoms with Crippen LogP contribution in [0.15, 0.2) is 37.4 Å². The van der Waals surface area contributed by atoms with E-state index in [2.05, 4.69) is 32.2 Å². The van der Waals surface area contributed by atoms with Gasteiger partial charge in [-0.2, -0.15) is 0 Å². The summed E-state index contributed by atoms with van der Waals surface area (Å²) in [5, 5.41) is 0. The highest BCUT2D eigenvalue weighted by atomic mass is 14.5. The maximum atomic E-state index is 5.48. The van der Waals surface area contributed by atoms with Crippen LogP contribution in [0.3, 0.4) is 0 Å². The van der Waals surface area contributed by atoms with Gasteiger partial charge in [0.25, 0.3) is 0 Å². The van der Waals surface area contributed by atoms with E-state index in [1.807, 2.05) is 12.1 Å². The second kappa shape index (κ2) is 5.54. The van der Waals surface area contributed by atoms with Gasteiger partial charge in [-0.3, -0.25) is 0 Å². The molecule has 0 bridgehead atoms. The summed E-state index contributed by atoms with van der Waals surface area (Å²) < 4.78 is 0. The number of hydrogen-bond donors (Lipinski definition) is 1. The second-order valence-electron chi connectivity index (χ2n) is 2.10. The minimum Gasteiger partial charge on any atom is -0.399 e. The summed E-state index contributed by atoms with van der Waals surface area (Å²) in [4.78, 5) is 0. The maximum Gasteiger partial charge on any atom is 0.0314 e. The fraction of sp³-hybridized carbons (Fsp3) is 0.200. The number of benzene rings is 1. The van der Waals surface area contributed by atoms with Crippen molar-refractivity contribution in [2.45, 2.75) is 13.3 Å². The Hall–Kier alpha value is -1.24. The Labute approximate surface area is 68.5 Å². The first-order valence-corrected chi connectivity index (χ1v) is 3.67. The van der Waals surface area contributed by atoms with Crippen molar-refractivity contribution in [3.05, 3.63) is 43.0 Å². The van der Waals surface area contributed by atoms with Crippen molar-refractivity contribution in [2.24, 2.45) is 0 Å². The molecule has 0 amide bonds. The highest BCUT2D eigenvalue weighted by molar-refractivity contribution is 5.39. The minimum atomic E-state index is 0.840. The molecule has 1 aromatic carbocycles. The predicted molar refractivity (Wildman–Crippen MR) is 51.5 cm³/mol. The Bertz CT molecular complexity index is 189. The van der Waals surface area contributed by atoms with Crippen LogP contribution in [0.2, 0.25) is 0 Å². The molecule has 1 nitrogen and oxygen atoms in total. The maximum absolute atomic E-state index is 5.48. The molecular weight excluding hydrogens is 134 g/mol. The van der Waals surface area contributed by atoms with Gasteiger partial charge in [0.2, 0.25) is 0 Å². The molecule has 0 aliphatic rings. The molecule has 0 aliphatic carbocycles. The molecule has 2 N–H and O–H groups in total. The van der Waals surface area contributed by atoms with E-state index in [0.717, 1.165) is 12.1 Å². The molecule has 1 aromatic rings. The van der Waals surface area contributed by atoms with Crippen LogP contribution in [0.1, 0.15) is 12.5 Å². The quantitative estimate of drug-likeness (QED) is 0.482. The fourth-order valence-electron chi connectivity index (χ4n) is 0.753. The van der Waals surface area contributed by atoms with Crippen molar-refractivity contribution in [1.82, 2.24) is 0 Å². The second-order valence-corrected chi connectivity index (χ2v) is 2.10.